The van der Waals surface area contributed by atoms with E-state index in [4.69, 9.17) is 4.74 Å². The zero-order chi connectivity index (χ0) is 15.6. The van der Waals surface area contributed by atoms with Gasteiger partial charge in [-0.15, -0.1) is 0 Å². The minimum atomic E-state index is -0.534. The maximum atomic E-state index is 12.1. The standard InChI is InChI=1S/C16H29NO3/c1-15(2,3)20-14(19)17(6)13(11-18)12-7-9-16(4,5)10-8-12/h11-13H,7-10H2,1-6H3. The first-order chi connectivity index (χ1) is 9.06. The molecule has 0 heterocycles. The van der Waals surface area contributed by atoms with Gasteiger partial charge in [-0.1, -0.05) is 13.8 Å². The Kier molecular flexibility index (Phi) is 5.22. The maximum absolute atomic E-state index is 12.1. The highest BCUT2D eigenvalue weighted by Gasteiger charge is 2.35. The van der Waals surface area contributed by atoms with Crippen LogP contribution < -0.4 is 0 Å². The molecule has 1 aliphatic carbocycles. The van der Waals surface area contributed by atoms with Crippen LogP contribution in [-0.4, -0.2) is 36.0 Å². The number of rotatable bonds is 3. The molecule has 4 heteroatoms. The van der Waals surface area contributed by atoms with Crippen molar-refractivity contribution in [1.29, 1.82) is 0 Å². The number of aldehydes is 1. The highest BCUT2D eigenvalue weighted by atomic mass is 16.6. The summed E-state index contributed by atoms with van der Waals surface area (Å²) >= 11 is 0. The minimum absolute atomic E-state index is 0.248. The smallest absolute Gasteiger partial charge is 0.410 e. The van der Waals surface area contributed by atoms with Gasteiger partial charge in [-0.2, -0.15) is 0 Å². The van der Waals surface area contributed by atoms with Gasteiger partial charge in [-0.25, -0.2) is 4.79 Å². The lowest BCUT2D eigenvalue weighted by Crippen LogP contribution is -2.46. The molecule has 116 valence electrons. The van der Waals surface area contributed by atoms with Gasteiger partial charge < -0.3 is 14.4 Å². The fourth-order valence-electron chi connectivity index (χ4n) is 2.74. The molecule has 1 fully saturated rings. The van der Waals surface area contributed by atoms with Gasteiger partial charge in [-0.05, 0) is 57.8 Å². The Morgan fingerprint density at radius 2 is 1.80 bits per heavy atom. The summed E-state index contributed by atoms with van der Waals surface area (Å²) in [6.45, 7) is 10.0. The first-order valence-electron chi connectivity index (χ1n) is 7.47. The molecule has 1 atom stereocenters. The Bertz CT molecular complexity index is 347. The quantitative estimate of drug-likeness (QED) is 0.743. The predicted octanol–water partition coefficient (Wildman–Crippen LogP) is 3.64. The third-order valence-corrected chi connectivity index (χ3v) is 4.13. The molecule has 1 aliphatic rings. The Morgan fingerprint density at radius 1 is 1.30 bits per heavy atom. The number of likely N-dealkylation sites (N-methyl/N-ethyl adjacent to an activating group) is 1. The minimum Gasteiger partial charge on any atom is -0.444 e. The molecule has 4 nitrogen and oxygen atoms in total. The van der Waals surface area contributed by atoms with E-state index >= 15 is 0 Å². The topological polar surface area (TPSA) is 46.6 Å². The molecule has 1 saturated carbocycles. The average molecular weight is 283 g/mol. The first-order valence-corrected chi connectivity index (χ1v) is 7.47. The molecule has 0 aromatic rings. The number of carbonyl (C=O) groups excluding carboxylic acids is 2. The van der Waals surface area contributed by atoms with Gasteiger partial charge >= 0.3 is 6.09 Å². The van der Waals surface area contributed by atoms with E-state index in [2.05, 4.69) is 13.8 Å². The summed E-state index contributed by atoms with van der Waals surface area (Å²) in [6, 6.07) is -0.374. The number of ether oxygens (including phenoxy) is 1. The second-order valence-corrected chi connectivity index (χ2v) is 7.72. The van der Waals surface area contributed by atoms with Crippen molar-refractivity contribution in [3.05, 3.63) is 0 Å². The molecule has 20 heavy (non-hydrogen) atoms. The van der Waals surface area contributed by atoms with Gasteiger partial charge in [0.05, 0.1) is 6.04 Å². The first kappa shape index (κ1) is 17.0. The molecule has 0 aromatic heterocycles. The molecule has 0 aliphatic heterocycles. The highest BCUT2D eigenvalue weighted by Crippen LogP contribution is 2.39. The van der Waals surface area contributed by atoms with E-state index in [0.717, 1.165) is 32.0 Å². The third kappa shape index (κ3) is 4.80. The number of nitrogens with zero attached hydrogens (tertiary/aromatic N) is 1. The predicted molar refractivity (Wildman–Crippen MR) is 79.6 cm³/mol. The Hall–Kier alpha value is -1.06. The van der Waals surface area contributed by atoms with Crippen molar-refractivity contribution >= 4 is 12.4 Å². The monoisotopic (exact) mass is 283 g/mol. The van der Waals surface area contributed by atoms with Gasteiger partial charge in [0.25, 0.3) is 0 Å². The van der Waals surface area contributed by atoms with E-state index in [9.17, 15) is 9.59 Å². The van der Waals surface area contributed by atoms with Crippen LogP contribution in [0.15, 0.2) is 0 Å². The van der Waals surface area contributed by atoms with E-state index in [1.165, 1.54) is 4.90 Å². The lowest BCUT2D eigenvalue weighted by Gasteiger charge is -2.39. The molecular formula is C16H29NO3. The normalized spacial score (nSPS) is 21.1. The summed E-state index contributed by atoms with van der Waals surface area (Å²) in [6.07, 6.45) is 4.66. The van der Waals surface area contributed by atoms with Crippen molar-refractivity contribution in [3.63, 3.8) is 0 Å². The van der Waals surface area contributed by atoms with Gasteiger partial charge in [-0.3, -0.25) is 0 Å². The molecule has 0 radical (unpaired) electrons. The number of carbonyl (C=O) groups is 2. The molecule has 1 rings (SSSR count). The van der Waals surface area contributed by atoms with Crippen LogP contribution >= 0.6 is 0 Å². The van der Waals surface area contributed by atoms with Crippen LogP contribution in [-0.2, 0) is 9.53 Å². The lowest BCUT2D eigenvalue weighted by atomic mass is 9.71. The summed E-state index contributed by atoms with van der Waals surface area (Å²) in [5.41, 5.74) is -0.179. The van der Waals surface area contributed by atoms with Crippen LogP contribution in [0.25, 0.3) is 0 Å². The molecule has 0 spiro atoms. The summed E-state index contributed by atoms with van der Waals surface area (Å²) in [7, 11) is 1.66. The largest absolute Gasteiger partial charge is 0.444 e. The summed E-state index contributed by atoms with van der Waals surface area (Å²) in [4.78, 5) is 25.0. The van der Waals surface area contributed by atoms with Crippen molar-refractivity contribution in [2.45, 2.75) is 71.9 Å². The van der Waals surface area contributed by atoms with Crippen molar-refractivity contribution < 1.29 is 14.3 Å². The molecular weight excluding hydrogens is 254 g/mol. The molecule has 0 bridgehead atoms. The second-order valence-electron chi connectivity index (χ2n) is 7.72. The van der Waals surface area contributed by atoms with E-state index < -0.39 is 11.7 Å². The van der Waals surface area contributed by atoms with Crippen LogP contribution in [0.1, 0.15) is 60.3 Å². The van der Waals surface area contributed by atoms with Gasteiger partial charge in [0.15, 0.2) is 0 Å². The zero-order valence-electron chi connectivity index (χ0n) is 13.7. The van der Waals surface area contributed by atoms with Crippen LogP contribution in [0.3, 0.4) is 0 Å². The van der Waals surface area contributed by atoms with E-state index in [0.29, 0.717) is 5.41 Å². The molecule has 0 aromatic carbocycles. The summed E-state index contributed by atoms with van der Waals surface area (Å²) < 4.78 is 5.34. The number of amides is 1. The van der Waals surface area contributed by atoms with Gasteiger partial charge in [0.1, 0.15) is 11.9 Å². The van der Waals surface area contributed by atoms with Crippen molar-refractivity contribution in [2.24, 2.45) is 11.3 Å². The molecule has 0 N–H and O–H groups in total. The molecule has 1 amide bonds. The number of hydrogen-bond donors (Lipinski definition) is 0. The van der Waals surface area contributed by atoms with Gasteiger partial charge in [0.2, 0.25) is 0 Å². The fraction of sp³-hybridized carbons (Fsp3) is 0.875. The van der Waals surface area contributed by atoms with Crippen LogP contribution in [0, 0.1) is 11.3 Å². The van der Waals surface area contributed by atoms with Crippen LogP contribution in [0.5, 0.6) is 0 Å². The Labute approximate surface area is 122 Å². The van der Waals surface area contributed by atoms with Crippen molar-refractivity contribution in [2.75, 3.05) is 7.05 Å². The average Bonchev–Trinajstić information content (AvgIpc) is 2.29. The van der Waals surface area contributed by atoms with Crippen LogP contribution in [0.4, 0.5) is 4.79 Å². The second kappa shape index (κ2) is 6.15. The van der Waals surface area contributed by atoms with Gasteiger partial charge in [0, 0.05) is 7.05 Å². The van der Waals surface area contributed by atoms with E-state index in [-0.39, 0.29) is 12.0 Å². The van der Waals surface area contributed by atoms with E-state index in [1.807, 2.05) is 20.8 Å². The Balaban J connectivity index is 2.66. The SMILES string of the molecule is CN(C(=O)OC(C)(C)C)C(C=O)C1CCC(C)(C)CC1. The highest BCUT2D eigenvalue weighted by molar-refractivity contribution is 5.73. The van der Waals surface area contributed by atoms with Crippen LogP contribution in [0.2, 0.25) is 0 Å². The number of hydrogen-bond acceptors (Lipinski definition) is 3. The van der Waals surface area contributed by atoms with Crippen molar-refractivity contribution in [1.82, 2.24) is 4.90 Å². The summed E-state index contributed by atoms with van der Waals surface area (Å²) in [5.74, 6) is 0.248. The lowest BCUT2D eigenvalue weighted by molar-refractivity contribution is -0.114. The Morgan fingerprint density at radius 3 is 2.20 bits per heavy atom. The fourth-order valence-corrected chi connectivity index (χ4v) is 2.74. The summed E-state index contributed by atoms with van der Waals surface area (Å²) in [5, 5.41) is 0. The third-order valence-electron chi connectivity index (χ3n) is 4.13. The maximum Gasteiger partial charge on any atom is 0.410 e. The molecule has 0 saturated heterocycles. The van der Waals surface area contributed by atoms with E-state index in [1.54, 1.807) is 7.05 Å². The van der Waals surface area contributed by atoms with Crippen molar-refractivity contribution in [3.8, 4) is 0 Å². The molecule has 1 unspecified atom stereocenters. The zero-order valence-corrected chi connectivity index (χ0v) is 13.7.